The van der Waals surface area contributed by atoms with Gasteiger partial charge in [0.25, 0.3) is 0 Å². The van der Waals surface area contributed by atoms with Crippen LogP contribution in [0.25, 0.3) is 5.69 Å². The maximum Gasteiger partial charge on any atom is 0.173 e. The van der Waals surface area contributed by atoms with E-state index >= 15 is 0 Å². The van der Waals surface area contributed by atoms with Gasteiger partial charge in [-0.05, 0) is 54.5 Å². The Kier molecular flexibility index (Phi) is 5.40. The molecule has 0 amide bonds. The van der Waals surface area contributed by atoms with Crippen molar-refractivity contribution in [2.45, 2.75) is 32.4 Å². The zero-order valence-corrected chi connectivity index (χ0v) is 14.8. The van der Waals surface area contributed by atoms with E-state index in [0.717, 1.165) is 23.7 Å². The first-order chi connectivity index (χ1) is 12.2. The first kappa shape index (κ1) is 17.1. The van der Waals surface area contributed by atoms with Gasteiger partial charge in [-0.3, -0.25) is 0 Å². The van der Waals surface area contributed by atoms with Gasteiger partial charge in [-0.2, -0.15) is 4.68 Å². The van der Waals surface area contributed by atoms with Gasteiger partial charge >= 0.3 is 0 Å². The van der Waals surface area contributed by atoms with Gasteiger partial charge in [0.15, 0.2) is 5.82 Å². The van der Waals surface area contributed by atoms with Crippen LogP contribution in [-0.2, 0) is 6.42 Å². The van der Waals surface area contributed by atoms with Crippen LogP contribution in [0.1, 0.15) is 31.3 Å². The van der Waals surface area contributed by atoms with Crippen LogP contribution in [0, 0.1) is 0 Å². The number of hydrogen-bond donors (Lipinski definition) is 1. The number of nitrogens with zero attached hydrogens (tertiary/aromatic N) is 4. The summed E-state index contributed by atoms with van der Waals surface area (Å²) in [5.41, 5.74) is 2.13. The van der Waals surface area contributed by atoms with Crippen molar-refractivity contribution in [1.29, 1.82) is 0 Å². The number of benzene rings is 2. The summed E-state index contributed by atoms with van der Waals surface area (Å²) in [6.45, 7) is 4.23. The van der Waals surface area contributed by atoms with Gasteiger partial charge < -0.3 is 10.1 Å². The van der Waals surface area contributed by atoms with Gasteiger partial charge in [0.2, 0.25) is 0 Å². The molecular formula is C19H23N5O. The molecule has 130 valence electrons. The third-order valence-electron chi connectivity index (χ3n) is 4.13. The predicted octanol–water partition coefficient (Wildman–Crippen LogP) is 2.95. The number of tetrazole rings is 1. The minimum absolute atomic E-state index is 0.0138. The average Bonchev–Trinajstić information content (AvgIpc) is 3.13. The quantitative estimate of drug-likeness (QED) is 0.718. The Morgan fingerprint density at radius 3 is 2.52 bits per heavy atom. The maximum absolute atomic E-state index is 5.44. The third kappa shape index (κ3) is 4.03. The molecule has 0 saturated carbocycles. The van der Waals surface area contributed by atoms with E-state index in [-0.39, 0.29) is 12.1 Å². The first-order valence-corrected chi connectivity index (χ1v) is 8.40. The highest BCUT2D eigenvalue weighted by molar-refractivity contribution is 5.34. The highest BCUT2D eigenvalue weighted by Gasteiger charge is 2.18. The molecule has 0 fully saturated rings. The molecule has 0 spiro atoms. The van der Waals surface area contributed by atoms with Crippen molar-refractivity contribution in [3.63, 3.8) is 0 Å². The van der Waals surface area contributed by atoms with Gasteiger partial charge in [-0.25, -0.2) is 0 Å². The number of ether oxygens (including phenoxy) is 1. The summed E-state index contributed by atoms with van der Waals surface area (Å²) in [5.74, 6) is 1.70. The number of hydrogen-bond acceptors (Lipinski definition) is 5. The second kappa shape index (κ2) is 7.90. The molecule has 2 atom stereocenters. The zero-order chi connectivity index (χ0) is 17.6. The van der Waals surface area contributed by atoms with Gasteiger partial charge in [0, 0.05) is 6.04 Å². The third-order valence-corrected chi connectivity index (χ3v) is 4.13. The standard InChI is InChI=1S/C19H23N5O/c1-14(13-16-9-7-8-12-18(16)25-3)20-15(2)19-21-22-23-24(19)17-10-5-4-6-11-17/h4-12,14-15,20H,13H2,1-3H3. The van der Waals surface area contributed by atoms with E-state index in [1.165, 1.54) is 5.56 Å². The molecule has 6 heteroatoms. The van der Waals surface area contributed by atoms with Crippen LogP contribution >= 0.6 is 0 Å². The fraction of sp³-hybridized carbons (Fsp3) is 0.316. The average molecular weight is 337 g/mol. The van der Waals surface area contributed by atoms with Gasteiger partial charge in [-0.1, -0.05) is 36.4 Å². The normalized spacial score (nSPS) is 13.4. The molecule has 2 unspecified atom stereocenters. The van der Waals surface area contributed by atoms with E-state index in [4.69, 9.17) is 4.74 Å². The predicted molar refractivity (Wildman–Crippen MR) is 96.9 cm³/mol. The Hall–Kier alpha value is -2.73. The van der Waals surface area contributed by atoms with Gasteiger partial charge in [0.05, 0.1) is 18.8 Å². The molecule has 25 heavy (non-hydrogen) atoms. The van der Waals surface area contributed by atoms with Crippen molar-refractivity contribution < 1.29 is 4.74 Å². The summed E-state index contributed by atoms with van der Waals surface area (Å²) in [6, 6.07) is 18.3. The van der Waals surface area contributed by atoms with Crippen molar-refractivity contribution in [1.82, 2.24) is 25.5 Å². The molecule has 0 aliphatic carbocycles. The van der Waals surface area contributed by atoms with Crippen LogP contribution in [0.15, 0.2) is 54.6 Å². The fourth-order valence-corrected chi connectivity index (χ4v) is 2.98. The Labute approximate surface area is 147 Å². The van der Waals surface area contributed by atoms with Crippen LogP contribution in [-0.4, -0.2) is 33.4 Å². The molecule has 0 radical (unpaired) electrons. The largest absolute Gasteiger partial charge is 0.496 e. The Bertz CT molecular complexity index is 802. The summed E-state index contributed by atoms with van der Waals surface area (Å²) >= 11 is 0. The number of para-hydroxylation sites is 2. The second-order valence-corrected chi connectivity index (χ2v) is 6.09. The van der Waals surface area contributed by atoms with Crippen molar-refractivity contribution in [3.05, 3.63) is 66.0 Å². The van der Waals surface area contributed by atoms with Crippen molar-refractivity contribution in [3.8, 4) is 11.4 Å². The Morgan fingerprint density at radius 1 is 1.04 bits per heavy atom. The SMILES string of the molecule is COc1ccccc1CC(C)NC(C)c1nnnn1-c1ccccc1. The molecule has 1 N–H and O–H groups in total. The van der Waals surface area contributed by atoms with Crippen molar-refractivity contribution in [2.75, 3.05) is 7.11 Å². The highest BCUT2D eigenvalue weighted by Crippen LogP contribution is 2.20. The highest BCUT2D eigenvalue weighted by atomic mass is 16.5. The summed E-state index contributed by atoms with van der Waals surface area (Å²) < 4.78 is 7.21. The zero-order valence-electron chi connectivity index (χ0n) is 14.8. The number of methoxy groups -OCH3 is 1. The lowest BCUT2D eigenvalue weighted by Crippen LogP contribution is -2.32. The van der Waals surface area contributed by atoms with E-state index in [0.29, 0.717) is 0 Å². The number of nitrogens with one attached hydrogen (secondary N) is 1. The summed E-state index contributed by atoms with van der Waals surface area (Å²) in [6.07, 6.45) is 0.862. The van der Waals surface area contributed by atoms with E-state index < -0.39 is 0 Å². The molecule has 6 nitrogen and oxygen atoms in total. The number of rotatable bonds is 7. The fourth-order valence-electron chi connectivity index (χ4n) is 2.98. The van der Waals surface area contributed by atoms with Gasteiger partial charge in [-0.15, -0.1) is 5.10 Å². The topological polar surface area (TPSA) is 64.9 Å². The molecule has 1 heterocycles. The summed E-state index contributed by atoms with van der Waals surface area (Å²) in [5, 5.41) is 15.7. The Morgan fingerprint density at radius 2 is 1.76 bits per heavy atom. The molecule has 3 rings (SSSR count). The lowest BCUT2D eigenvalue weighted by molar-refractivity contribution is 0.401. The molecule has 1 aromatic heterocycles. The van der Waals surface area contributed by atoms with Crippen molar-refractivity contribution >= 4 is 0 Å². The van der Waals surface area contributed by atoms with Crippen LogP contribution < -0.4 is 10.1 Å². The van der Waals surface area contributed by atoms with E-state index in [9.17, 15) is 0 Å². The number of aromatic nitrogens is 4. The van der Waals surface area contributed by atoms with Crippen LogP contribution in [0.4, 0.5) is 0 Å². The monoisotopic (exact) mass is 337 g/mol. The van der Waals surface area contributed by atoms with Crippen LogP contribution in [0.3, 0.4) is 0 Å². The lowest BCUT2D eigenvalue weighted by Gasteiger charge is -2.20. The van der Waals surface area contributed by atoms with E-state index in [1.54, 1.807) is 11.8 Å². The molecule has 2 aromatic carbocycles. The minimum Gasteiger partial charge on any atom is -0.496 e. The minimum atomic E-state index is 0.0138. The van der Waals surface area contributed by atoms with Crippen molar-refractivity contribution in [2.24, 2.45) is 0 Å². The van der Waals surface area contributed by atoms with E-state index in [2.05, 4.69) is 40.8 Å². The van der Waals surface area contributed by atoms with Crippen LogP contribution in [0.5, 0.6) is 5.75 Å². The smallest absolute Gasteiger partial charge is 0.173 e. The molecule has 0 saturated heterocycles. The molecule has 0 bridgehead atoms. The lowest BCUT2D eigenvalue weighted by atomic mass is 10.1. The summed E-state index contributed by atoms with van der Waals surface area (Å²) in [4.78, 5) is 0. The second-order valence-electron chi connectivity index (χ2n) is 6.09. The van der Waals surface area contributed by atoms with Crippen LogP contribution in [0.2, 0.25) is 0 Å². The van der Waals surface area contributed by atoms with Gasteiger partial charge in [0.1, 0.15) is 5.75 Å². The molecule has 0 aliphatic heterocycles. The molecule has 0 aliphatic rings. The van der Waals surface area contributed by atoms with E-state index in [1.807, 2.05) is 48.5 Å². The maximum atomic E-state index is 5.44. The molecule has 3 aromatic rings. The first-order valence-electron chi connectivity index (χ1n) is 8.40. The molecular weight excluding hydrogens is 314 g/mol. The summed E-state index contributed by atoms with van der Waals surface area (Å²) in [7, 11) is 1.70. The Balaban J connectivity index is 1.70.